The molecule has 8 heteroatoms. The fourth-order valence-electron chi connectivity index (χ4n) is 1.03. The number of imidazole rings is 1. The van der Waals surface area contributed by atoms with Crippen LogP contribution in [0.5, 0.6) is 0 Å². The maximum atomic E-state index is 11.5. The standard InChI is InChI=1S/C8H13N3O5/c12-2-8(3-13,4-14)11-6(15)5-1-9-7(16)10-5/h1,12-14H,2-4H2,(H,11,15)(H2,9,10,16). The summed E-state index contributed by atoms with van der Waals surface area (Å²) in [5, 5.41) is 29.1. The first-order valence-electron chi connectivity index (χ1n) is 4.49. The van der Waals surface area contributed by atoms with Crippen molar-refractivity contribution in [2.45, 2.75) is 5.54 Å². The summed E-state index contributed by atoms with van der Waals surface area (Å²) in [5.74, 6) is -0.712. The Balaban J connectivity index is 2.80. The Labute approximate surface area is 89.9 Å². The van der Waals surface area contributed by atoms with Gasteiger partial charge in [0, 0.05) is 6.20 Å². The number of rotatable bonds is 5. The summed E-state index contributed by atoms with van der Waals surface area (Å²) in [4.78, 5) is 26.7. The van der Waals surface area contributed by atoms with Crippen LogP contribution in [0.1, 0.15) is 10.5 Å². The minimum Gasteiger partial charge on any atom is -0.394 e. The van der Waals surface area contributed by atoms with E-state index in [2.05, 4.69) is 15.3 Å². The molecule has 0 fully saturated rings. The van der Waals surface area contributed by atoms with Gasteiger partial charge < -0.3 is 30.6 Å². The molecule has 0 atom stereocenters. The van der Waals surface area contributed by atoms with Gasteiger partial charge in [-0.05, 0) is 0 Å². The third-order valence-electron chi connectivity index (χ3n) is 2.13. The monoisotopic (exact) mass is 231 g/mol. The smallest absolute Gasteiger partial charge is 0.323 e. The minimum atomic E-state index is -1.51. The van der Waals surface area contributed by atoms with Gasteiger partial charge in [-0.2, -0.15) is 0 Å². The molecule has 0 aliphatic carbocycles. The average molecular weight is 231 g/mol. The number of aliphatic hydroxyl groups is 3. The molecule has 90 valence electrons. The average Bonchev–Trinajstić information content (AvgIpc) is 2.73. The number of H-pyrrole nitrogens is 2. The molecule has 0 radical (unpaired) electrons. The summed E-state index contributed by atoms with van der Waals surface area (Å²) in [6.07, 6.45) is 1.15. The first kappa shape index (κ1) is 12.4. The minimum absolute atomic E-state index is 0.0512. The van der Waals surface area contributed by atoms with Crippen LogP contribution in [0, 0.1) is 0 Å². The van der Waals surface area contributed by atoms with Gasteiger partial charge in [0.2, 0.25) is 0 Å². The van der Waals surface area contributed by atoms with Crippen molar-refractivity contribution in [2.24, 2.45) is 0 Å². The molecular formula is C8H13N3O5. The van der Waals surface area contributed by atoms with Crippen molar-refractivity contribution in [3.05, 3.63) is 22.4 Å². The molecule has 0 saturated carbocycles. The van der Waals surface area contributed by atoms with Crippen LogP contribution in [0.3, 0.4) is 0 Å². The van der Waals surface area contributed by atoms with E-state index in [1.165, 1.54) is 0 Å². The molecule has 6 N–H and O–H groups in total. The summed E-state index contributed by atoms with van der Waals surface area (Å²) in [7, 11) is 0. The fraction of sp³-hybridized carbons (Fsp3) is 0.500. The molecule has 0 saturated heterocycles. The number of nitrogens with one attached hydrogen (secondary N) is 3. The Kier molecular flexibility index (Phi) is 3.82. The Morgan fingerprint density at radius 1 is 1.31 bits per heavy atom. The van der Waals surface area contributed by atoms with Crippen molar-refractivity contribution in [1.82, 2.24) is 15.3 Å². The van der Waals surface area contributed by atoms with E-state index in [-0.39, 0.29) is 5.69 Å². The van der Waals surface area contributed by atoms with Crippen molar-refractivity contribution in [3.63, 3.8) is 0 Å². The molecule has 1 rings (SSSR count). The molecule has 1 aromatic heterocycles. The van der Waals surface area contributed by atoms with E-state index in [0.717, 1.165) is 6.20 Å². The van der Waals surface area contributed by atoms with Gasteiger partial charge in [-0.1, -0.05) is 0 Å². The molecule has 1 aromatic rings. The topological polar surface area (TPSA) is 138 Å². The number of carbonyl (C=O) groups excluding carboxylic acids is 1. The highest BCUT2D eigenvalue weighted by atomic mass is 16.3. The summed E-state index contributed by atoms with van der Waals surface area (Å²) in [6.45, 7) is -1.87. The highest BCUT2D eigenvalue weighted by Gasteiger charge is 2.30. The fourth-order valence-corrected chi connectivity index (χ4v) is 1.03. The molecule has 0 aliphatic heterocycles. The molecule has 1 heterocycles. The molecule has 0 aliphatic rings. The normalized spacial score (nSPS) is 11.4. The zero-order valence-corrected chi connectivity index (χ0v) is 8.36. The SMILES string of the molecule is O=C(NC(CO)(CO)CO)c1c[nH]c(=O)[nH]1. The second-order valence-electron chi connectivity index (χ2n) is 3.37. The number of hydrogen-bond acceptors (Lipinski definition) is 5. The third-order valence-corrected chi connectivity index (χ3v) is 2.13. The van der Waals surface area contributed by atoms with Gasteiger partial charge in [-0.3, -0.25) is 4.79 Å². The lowest BCUT2D eigenvalue weighted by molar-refractivity contribution is 0.0373. The second-order valence-corrected chi connectivity index (χ2v) is 3.37. The predicted molar refractivity (Wildman–Crippen MR) is 52.9 cm³/mol. The van der Waals surface area contributed by atoms with Crippen molar-refractivity contribution < 1.29 is 20.1 Å². The summed E-state index contributed by atoms with van der Waals surface area (Å²) >= 11 is 0. The van der Waals surface area contributed by atoms with E-state index < -0.39 is 37.0 Å². The molecule has 0 unspecified atom stereocenters. The van der Waals surface area contributed by atoms with Gasteiger partial charge in [0.05, 0.1) is 19.8 Å². The lowest BCUT2D eigenvalue weighted by atomic mass is 10.0. The molecule has 8 nitrogen and oxygen atoms in total. The van der Waals surface area contributed by atoms with Gasteiger partial charge in [-0.25, -0.2) is 4.79 Å². The summed E-state index contributed by atoms with van der Waals surface area (Å²) in [5.41, 5.74) is -2.11. The summed E-state index contributed by atoms with van der Waals surface area (Å²) < 4.78 is 0. The van der Waals surface area contributed by atoms with Crippen LogP contribution < -0.4 is 11.0 Å². The second kappa shape index (κ2) is 4.92. The Morgan fingerprint density at radius 3 is 2.25 bits per heavy atom. The van der Waals surface area contributed by atoms with E-state index in [0.29, 0.717) is 0 Å². The molecule has 0 bridgehead atoms. The quantitative estimate of drug-likeness (QED) is 0.324. The number of amides is 1. The van der Waals surface area contributed by atoms with Crippen LogP contribution >= 0.6 is 0 Å². The molecule has 0 aromatic carbocycles. The van der Waals surface area contributed by atoms with Crippen molar-refractivity contribution in [1.29, 1.82) is 0 Å². The molecule has 16 heavy (non-hydrogen) atoms. The van der Waals surface area contributed by atoms with Crippen LogP contribution in [0.4, 0.5) is 0 Å². The van der Waals surface area contributed by atoms with E-state index >= 15 is 0 Å². The van der Waals surface area contributed by atoms with Gasteiger partial charge in [0.15, 0.2) is 0 Å². The number of aromatic nitrogens is 2. The molecule has 1 amide bonds. The van der Waals surface area contributed by atoms with Gasteiger partial charge >= 0.3 is 5.69 Å². The highest BCUT2D eigenvalue weighted by Crippen LogP contribution is 2.03. The van der Waals surface area contributed by atoms with E-state index in [1.54, 1.807) is 0 Å². The first-order chi connectivity index (χ1) is 7.56. The predicted octanol–water partition coefficient (Wildman–Crippen LogP) is -2.85. The summed E-state index contributed by atoms with van der Waals surface area (Å²) in [6, 6.07) is 0. The van der Waals surface area contributed by atoms with Gasteiger partial charge in [0.25, 0.3) is 5.91 Å². The number of hydrogen-bond donors (Lipinski definition) is 6. The van der Waals surface area contributed by atoms with Crippen LogP contribution in [0.2, 0.25) is 0 Å². The van der Waals surface area contributed by atoms with E-state index in [1.807, 2.05) is 0 Å². The van der Waals surface area contributed by atoms with E-state index in [9.17, 15) is 9.59 Å². The van der Waals surface area contributed by atoms with Crippen LogP contribution in [0.15, 0.2) is 11.0 Å². The van der Waals surface area contributed by atoms with Gasteiger partial charge in [0.1, 0.15) is 11.2 Å². The first-order valence-corrected chi connectivity index (χ1v) is 4.49. The van der Waals surface area contributed by atoms with Crippen molar-refractivity contribution in [3.8, 4) is 0 Å². The van der Waals surface area contributed by atoms with Crippen molar-refractivity contribution in [2.75, 3.05) is 19.8 Å². The van der Waals surface area contributed by atoms with Crippen LogP contribution in [-0.2, 0) is 0 Å². The molecular weight excluding hydrogens is 218 g/mol. The molecule has 0 spiro atoms. The number of aliphatic hydroxyl groups excluding tert-OH is 3. The lowest BCUT2D eigenvalue weighted by Gasteiger charge is -2.28. The van der Waals surface area contributed by atoms with Gasteiger partial charge in [-0.15, -0.1) is 0 Å². The Morgan fingerprint density at radius 2 is 1.88 bits per heavy atom. The third kappa shape index (κ3) is 2.48. The highest BCUT2D eigenvalue weighted by molar-refractivity contribution is 5.92. The number of aromatic amines is 2. The number of carbonyl (C=O) groups is 1. The lowest BCUT2D eigenvalue weighted by Crippen LogP contribution is -2.57. The Bertz CT molecular complexity index is 398. The van der Waals surface area contributed by atoms with Crippen LogP contribution in [0.25, 0.3) is 0 Å². The van der Waals surface area contributed by atoms with Crippen LogP contribution in [-0.4, -0.2) is 56.6 Å². The maximum absolute atomic E-state index is 11.5. The zero-order valence-electron chi connectivity index (χ0n) is 8.36. The van der Waals surface area contributed by atoms with Crippen molar-refractivity contribution >= 4 is 5.91 Å². The maximum Gasteiger partial charge on any atom is 0.323 e. The van der Waals surface area contributed by atoms with E-state index in [4.69, 9.17) is 15.3 Å². The largest absolute Gasteiger partial charge is 0.394 e. The Hall–Kier alpha value is -1.64. The zero-order chi connectivity index (χ0) is 12.2.